The number of aliphatic hydroxyl groups excluding tert-OH is 1. The predicted molar refractivity (Wildman–Crippen MR) is 120 cm³/mol. The van der Waals surface area contributed by atoms with Gasteiger partial charge in [0.05, 0.1) is 17.8 Å². The minimum Gasteiger partial charge on any atom is -0.393 e. The summed E-state index contributed by atoms with van der Waals surface area (Å²) in [6.07, 6.45) is 8.02. The molecule has 31 heavy (non-hydrogen) atoms. The van der Waals surface area contributed by atoms with E-state index in [1.807, 2.05) is 0 Å². The number of allylic oxidation sites excluding steroid dienone is 1. The van der Waals surface area contributed by atoms with Gasteiger partial charge in [0.2, 0.25) is 0 Å². The van der Waals surface area contributed by atoms with Gasteiger partial charge >= 0.3 is 0 Å². The molecule has 5 fully saturated rings. The molecule has 0 bridgehead atoms. The van der Waals surface area contributed by atoms with Crippen molar-refractivity contribution in [2.75, 3.05) is 6.54 Å². The van der Waals surface area contributed by atoms with E-state index in [0.29, 0.717) is 53.9 Å². The number of aliphatic hydroxyl groups is 1. The van der Waals surface area contributed by atoms with Gasteiger partial charge in [-0.05, 0) is 93.1 Å². The number of fused-ring (bicyclic) bond motifs is 6. The SMILES string of the molecule is CC1=C2C[C@H]3[C@@H](CC(=O)[C@H]4C[C@@H](O)CC[C@@]43C)[C@@H]2CC[C@@]12O[C@H]1C[C@H](C)CN[C@H]1[C@H]2C. The lowest BCUT2D eigenvalue weighted by molar-refractivity contribution is -0.145. The van der Waals surface area contributed by atoms with Gasteiger partial charge in [-0.25, -0.2) is 0 Å². The fourth-order valence-corrected chi connectivity index (χ4v) is 9.46. The molecule has 3 saturated carbocycles. The molecule has 4 nitrogen and oxygen atoms in total. The fourth-order valence-electron chi connectivity index (χ4n) is 9.46. The fraction of sp³-hybridized carbons (Fsp3) is 0.889. The summed E-state index contributed by atoms with van der Waals surface area (Å²) >= 11 is 0. The van der Waals surface area contributed by atoms with Crippen LogP contribution in [0.2, 0.25) is 0 Å². The van der Waals surface area contributed by atoms with Crippen molar-refractivity contribution in [1.29, 1.82) is 0 Å². The zero-order valence-electron chi connectivity index (χ0n) is 19.8. The van der Waals surface area contributed by atoms with Gasteiger partial charge in [-0.1, -0.05) is 26.3 Å². The Kier molecular flexibility index (Phi) is 4.64. The number of ketones is 1. The summed E-state index contributed by atoms with van der Waals surface area (Å²) in [6, 6.07) is 0.482. The van der Waals surface area contributed by atoms with E-state index in [0.717, 1.165) is 38.6 Å². The van der Waals surface area contributed by atoms with Crippen LogP contribution in [0, 0.1) is 40.9 Å². The standard InChI is InChI=1S/C27H41NO3/c1-14-9-24-25(28-13-14)16(3)27(31-24)8-6-18-19(15(27)2)11-21-20(18)12-23(30)22-10-17(29)5-7-26(21,22)4/h14,16-18,20-22,24-25,28-29H,5-13H2,1-4H3/t14-,16+,17-,18+,20-,21-,22+,24-,25-,26+,27+/m0/s1. The summed E-state index contributed by atoms with van der Waals surface area (Å²) in [6.45, 7) is 10.6. The second-order valence-electron chi connectivity index (χ2n) is 12.5. The number of carbonyl (C=O) groups excluding carboxylic acids is 1. The van der Waals surface area contributed by atoms with E-state index in [-0.39, 0.29) is 23.0 Å². The molecular weight excluding hydrogens is 386 g/mol. The minimum absolute atomic E-state index is 0.0720. The number of nitrogens with one attached hydrogen (secondary N) is 1. The second-order valence-corrected chi connectivity index (χ2v) is 12.5. The van der Waals surface area contributed by atoms with Gasteiger partial charge in [0.1, 0.15) is 5.78 Å². The number of hydrogen-bond acceptors (Lipinski definition) is 4. The van der Waals surface area contributed by atoms with E-state index in [1.54, 1.807) is 5.57 Å². The van der Waals surface area contributed by atoms with Crippen molar-refractivity contribution in [1.82, 2.24) is 5.32 Å². The van der Waals surface area contributed by atoms with Crippen LogP contribution in [0.1, 0.15) is 79.1 Å². The van der Waals surface area contributed by atoms with Gasteiger partial charge in [-0.15, -0.1) is 0 Å². The van der Waals surface area contributed by atoms with Crippen molar-refractivity contribution in [3.8, 4) is 0 Å². The molecule has 1 spiro atoms. The molecule has 0 aromatic rings. The van der Waals surface area contributed by atoms with Crippen molar-refractivity contribution in [3.05, 3.63) is 11.1 Å². The molecule has 2 aliphatic heterocycles. The van der Waals surface area contributed by atoms with Gasteiger partial charge in [0.15, 0.2) is 0 Å². The number of ether oxygens (including phenoxy) is 1. The van der Waals surface area contributed by atoms with Gasteiger partial charge in [0.25, 0.3) is 0 Å². The van der Waals surface area contributed by atoms with Crippen LogP contribution in [0.25, 0.3) is 0 Å². The molecule has 6 rings (SSSR count). The number of rotatable bonds is 0. The molecule has 4 heteroatoms. The maximum Gasteiger partial charge on any atom is 0.136 e. The molecule has 0 unspecified atom stereocenters. The number of hydrogen-bond donors (Lipinski definition) is 2. The van der Waals surface area contributed by atoms with Crippen molar-refractivity contribution in [3.63, 3.8) is 0 Å². The molecule has 0 amide bonds. The first-order chi connectivity index (χ1) is 14.7. The van der Waals surface area contributed by atoms with E-state index in [4.69, 9.17) is 4.74 Å². The first kappa shape index (κ1) is 20.9. The van der Waals surface area contributed by atoms with Crippen LogP contribution in [0.4, 0.5) is 0 Å². The number of carbonyl (C=O) groups is 1. The highest BCUT2D eigenvalue weighted by Crippen LogP contribution is 2.65. The van der Waals surface area contributed by atoms with Crippen LogP contribution in [0.3, 0.4) is 0 Å². The smallest absolute Gasteiger partial charge is 0.136 e. The lowest BCUT2D eigenvalue weighted by Crippen LogP contribution is -2.51. The average molecular weight is 428 g/mol. The van der Waals surface area contributed by atoms with Crippen molar-refractivity contribution in [2.45, 2.75) is 103 Å². The minimum atomic E-state index is -0.280. The van der Waals surface area contributed by atoms with E-state index in [1.165, 1.54) is 18.4 Å². The third kappa shape index (κ3) is 2.74. The highest BCUT2D eigenvalue weighted by Gasteiger charge is 2.62. The largest absolute Gasteiger partial charge is 0.393 e. The van der Waals surface area contributed by atoms with Gasteiger partial charge in [0, 0.05) is 24.3 Å². The summed E-state index contributed by atoms with van der Waals surface area (Å²) in [4.78, 5) is 13.2. The van der Waals surface area contributed by atoms with Gasteiger partial charge in [-0.2, -0.15) is 0 Å². The quantitative estimate of drug-likeness (QED) is 0.567. The Morgan fingerprint density at radius 1 is 1.13 bits per heavy atom. The average Bonchev–Trinajstić information content (AvgIpc) is 3.23. The Labute approximate surface area is 187 Å². The Morgan fingerprint density at radius 2 is 1.94 bits per heavy atom. The first-order valence-corrected chi connectivity index (χ1v) is 13.1. The van der Waals surface area contributed by atoms with E-state index in [9.17, 15) is 9.90 Å². The van der Waals surface area contributed by atoms with Crippen LogP contribution < -0.4 is 5.32 Å². The molecule has 0 radical (unpaired) electrons. The summed E-state index contributed by atoms with van der Waals surface area (Å²) in [5.41, 5.74) is 3.15. The van der Waals surface area contributed by atoms with E-state index in [2.05, 4.69) is 33.0 Å². The molecule has 11 atom stereocenters. The summed E-state index contributed by atoms with van der Waals surface area (Å²) in [5, 5.41) is 14.1. The summed E-state index contributed by atoms with van der Waals surface area (Å²) < 4.78 is 7.00. The molecule has 2 heterocycles. The number of Topliss-reactive ketones (excluding diaryl/α,β-unsaturated/α-hetero) is 1. The molecule has 4 aliphatic carbocycles. The maximum atomic E-state index is 13.2. The number of piperidine rings is 1. The second kappa shape index (κ2) is 6.90. The Hall–Kier alpha value is -0.710. The summed E-state index contributed by atoms with van der Waals surface area (Å²) in [5.74, 6) is 3.41. The van der Waals surface area contributed by atoms with Crippen molar-refractivity contribution in [2.24, 2.45) is 40.9 Å². The molecule has 0 aromatic heterocycles. The zero-order valence-corrected chi connectivity index (χ0v) is 19.8. The third-order valence-electron chi connectivity index (χ3n) is 11.2. The molecule has 2 saturated heterocycles. The van der Waals surface area contributed by atoms with Gasteiger partial charge < -0.3 is 15.2 Å². The normalized spacial score (nSPS) is 56.3. The maximum absolute atomic E-state index is 13.2. The van der Waals surface area contributed by atoms with Crippen LogP contribution >= 0.6 is 0 Å². The molecule has 6 aliphatic rings. The van der Waals surface area contributed by atoms with Crippen molar-refractivity contribution < 1.29 is 14.6 Å². The van der Waals surface area contributed by atoms with Crippen LogP contribution in [-0.4, -0.2) is 41.3 Å². The molecule has 172 valence electrons. The Balaban J connectivity index is 1.35. The Morgan fingerprint density at radius 3 is 2.74 bits per heavy atom. The van der Waals surface area contributed by atoms with Crippen LogP contribution in [-0.2, 0) is 9.53 Å². The Bertz CT molecular complexity index is 821. The molecule has 0 aromatic carbocycles. The highest BCUT2D eigenvalue weighted by molar-refractivity contribution is 5.83. The topological polar surface area (TPSA) is 58.6 Å². The van der Waals surface area contributed by atoms with Crippen LogP contribution in [0.15, 0.2) is 11.1 Å². The highest BCUT2D eigenvalue weighted by atomic mass is 16.5. The van der Waals surface area contributed by atoms with E-state index < -0.39 is 0 Å². The molecule has 2 N–H and O–H groups in total. The lowest BCUT2D eigenvalue weighted by Gasteiger charge is -2.52. The predicted octanol–water partition coefficient (Wildman–Crippen LogP) is 4.26. The first-order valence-electron chi connectivity index (χ1n) is 13.1. The lowest BCUT2D eigenvalue weighted by atomic mass is 9.51. The third-order valence-corrected chi connectivity index (χ3v) is 11.2. The summed E-state index contributed by atoms with van der Waals surface area (Å²) in [7, 11) is 0. The van der Waals surface area contributed by atoms with Crippen molar-refractivity contribution >= 4 is 5.78 Å². The zero-order chi connectivity index (χ0) is 21.7. The molecular formula is C27H41NO3. The monoisotopic (exact) mass is 427 g/mol. The van der Waals surface area contributed by atoms with Gasteiger partial charge in [-0.3, -0.25) is 4.79 Å². The van der Waals surface area contributed by atoms with Crippen LogP contribution in [0.5, 0.6) is 0 Å². The van der Waals surface area contributed by atoms with E-state index >= 15 is 0 Å².